The molecular formula is C23H19FN4O3. The Labute approximate surface area is 177 Å². The summed E-state index contributed by atoms with van der Waals surface area (Å²) in [6.07, 6.45) is 1.80. The Morgan fingerprint density at radius 2 is 1.84 bits per heavy atom. The molecule has 1 heterocycles. The Hall–Kier alpha value is -4.07. The van der Waals surface area contributed by atoms with Gasteiger partial charge in [-0.15, -0.1) is 0 Å². The van der Waals surface area contributed by atoms with Crippen molar-refractivity contribution in [3.63, 3.8) is 0 Å². The lowest BCUT2D eigenvalue weighted by atomic mass is 10.1. The number of rotatable bonds is 6. The molecule has 8 heteroatoms. The number of fused-ring (bicyclic) bond motifs is 1. The molecule has 0 radical (unpaired) electrons. The molecule has 0 saturated carbocycles. The first-order valence-corrected chi connectivity index (χ1v) is 9.63. The van der Waals surface area contributed by atoms with Crippen molar-refractivity contribution in [3.8, 4) is 0 Å². The fourth-order valence-corrected chi connectivity index (χ4v) is 3.36. The van der Waals surface area contributed by atoms with Crippen LogP contribution in [0.1, 0.15) is 27.0 Å². The van der Waals surface area contributed by atoms with Gasteiger partial charge in [0.2, 0.25) is 0 Å². The van der Waals surface area contributed by atoms with Crippen molar-refractivity contribution in [1.82, 2.24) is 14.9 Å². The highest BCUT2D eigenvalue weighted by Crippen LogP contribution is 2.23. The van der Waals surface area contributed by atoms with Crippen LogP contribution in [0.4, 0.5) is 10.1 Å². The summed E-state index contributed by atoms with van der Waals surface area (Å²) in [5, 5.41) is 13.7. The number of amides is 1. The van der Waals surface area contributed by atoms with Crippen molar-refractivity contribution in [3.05, 3.63) is 105 Å². The number of para-hydroxylation sites is 2. The molecule has 4 rings (SSSR count). The Morgan fingerprint density at radius 3 is 2.58 bits per heavy atom. The number of hydrogen-bond acceptors (Lipinski definition) is 4. The standard InChI is InChI=1S/C23H19FN4O3/c1-15-19(24)10-18(11-22(15)28(30)31)23(29)25-12-16-6-8-17(9-7-16)13-27-14-26-20-4-2-3-5-21(20)27/h2-11,14H,12-13H2,1H3,(H,25,29). The largest absolute Gasteiger partial charge is 0.348 e. The molecule has 0 aliphatic heterocycles. The highest BCUT2D eigenvalue weighted by molar-refractivity contribution is 5.95. The summed E-state index contributed by atoms with van der Waals surface area (Å²) in [4.78, 5) is 27.1. The third-order valence-corrected chi connectivity index (χ3v) is 5.13. The van der Waals surface area contributed by atoms with Crippen molar-refractivity contribution >= 4 is 22.6 Å². The molecule has 1 N–H and O–H groups in total. The summed E-state index contributed by atoms with van der Waals surface area (Å²) in [5.74, 6) is -1.35. The summed E-state index contributed by atoms with van der Waals surface area (Å²) in [5.41, 5.74) is 3.33. The Bertz CT molecular complexity index is 1280. The van der Waals surface area contributed by atoms with Crippen LogP contribution >= 0.6 is 0 Å². The van der Waals surface area contributed by atoms with Gasteiger partial charge < -0.3 is 9.88 Å². The first kappa shape index (κ1) is 20.2. The summed E-state index contributed by atoms with van der Waals surface area (Å²) in [6.45, 7) is 2.19. The lowest BCUT2D eigenvalue weighted by molar-refractivity contribution is -0.385. The third kappa shape index (κ3) is 4.28. The molecule has 0 spiro atoms. The van der Waals surface area contributed by atoms with Crippen LogP contribution in [0.25, 0.3) is 11.0 Å². The molecule has 0 aliphatic rings. The van der Waals surface area contributed by atoms with Crippen LogP contribution in [0.15, 0.2) is 67.0 Å². The van der Waals surface area contributed by atoms with Gasteiger partial charge in [-0.05, 0) is 36.2 Å². The highest BCUT2D eigenvalue weighted by Gasteiger charge is 2.19. The van der Waals surface area contributed by atoms with E-state index in [4.69, 9.17) is 0 Å². The van der Waals surface area contributed by atoms with Crippen LogP contribution in [0.3, 0.4) is 0 Å². The van der Waals surface area contributed by atoms with E-state index in [2.05, 4.69) is 14.9 Å². The van der Waals surface area contributed by atoms with E-state index in [1.165, 1.54) is 6.92 Å². The number of carbonyl (C=O) groups excluding carboxylic acids is 1. The molecule has 1 aromatic heterocycles. The molecule has 3 aromatic carbocycles. The molecule has 1 amide bonds. The second kappa shape index (κ2) is 8.35. The number of nitro groups is 1. The molecule has 0 unspecified atom stereocenters. The fourth-order valence-electron chi connectivity index (χ4n) is 3.36. The maximum Gasteiger partial charge on any atom is 0.276 e. The molecule has 0 bridgehead atoms. The monoisotopic (exact) mass is 418 g/mol. The van der Waals surface area contributed by atoms with Gasteiger partial charge in [0.25, 0.3) is 11.6 Å². The topological polar surface area (TPSA) is 90.1 Å². The summed E-state index contributed by atoms with van der Waals surface area (Å²) >= 11 is 0. The minimum Gasteiger partial charge on any atom is -0.348 e. The first-order valence-electron chi connectivity index (χ1n) is 9.63. The zero-order valence-corrected chi connectivity index (χ0v) is 16.7. The van der Waals surface area contributed by atoms with E-state index in [9.17, 15) is 19.3 Å². The lowest BCUT2D eigenvalue weighted by Gasteiger charge is -2.09. The van der Waals surface area contributed by atoms with Gasteiger partial charge in [0.05, 0.1) is 27.8 Å². The minimum atomic E-state index is -0.782. The van der Waals surface area contributed by atoms with Crippen molar-refractivity contribution in [2.75, 3.05) is 0 Å². The zero-order chi connectivity index (χ0) is 22.0. The van der Waals surface area contributed by atoms with Gasteiger partial charge >= 0.3 is 0 Å². The van der Waals surface area contributed by atoms with Crippen LogP contribution < -0.4 is 5.32 Å². The Kier molecular flexibility index (Phi) is 5.44. The van der Waals surface area contributed by atoms with Crippen molar-refractivity contribution < 1.29 is 14.1 Å². The number of hydrogen-bond donors (Lipinski definition) is 1. The van der Waals surface area contributed by atoms with Crippen LogP contribution in [0.2, 0.25) is 0 Å². The SMILES string of the molecule is Cc1c(F)cc(C(=O)NCc2ccc(Cn3cnc4ccccc43)cc2)cc1[N+](=O)[O-]. The zero-order valence-electron chi connectivity index (χ0n) is 16.7. The van der Waals surface area contributed by atoms with Gasteiger partial charge in [-0.2, -0.15) is 0 Å². The van der Waals surface area contributed by atoms with Crippen molar-refractivity contribution in [1.29, 1.82) is 0 Å². The van der Waals surface area contributed by atoms with Crippen LogP contribution in [0, 0.1) is 22.9 Å². The maximum atomic E-state index is 13.9. The predicted molar refractivity (Wildman–Crippen MR) is 114 cm³/mol. The molecule has 0 saturated heterocycles. The Balaban J connectivity index is 1.42. The number of benzene rings is 3. The van der Waals surface area contributed by atoms with Gasteiger partial charge in [-0.25, -0.2) is 9.37 Å². The van der Waals surface area contributed by atoms with Gasteiger partial charge in [-0.3, -0.25) is 14.9 Å². The summed E-state index contributed by atoms with van der Waals surface area (Å²) < 4.78 is 16.0. The smallest absolute Gasteiger partial charge is 0.276 e. The predicted octanol–water partition coefficient (Wildman–Crippen LogP) is 4.37. The Morgan fingerprint density at radius 1 is 1.13 bits per heavy atom. The molecule has 0 aliphatic carbocycles. The van der Waals surface area contributed by atoms with E-state index < -0.39 is 22.3 Å². The number of halogens is 1. The lowest BCUT2D eigenvalue weighted by Crippen LogP contribution is -2.23. The van der Waals surface area contributed by atoms with Crippen molar-refractivity contribution in [2.24, 2.45) is 0 Å². The first-order chi connectivity index (χ1) is 14.9. The van der Waals surface area contributed by atoms with Gasteiger partial charge in [0.15, 0.2) is 0 Å². The van der Waals surface area contributed by atoms with Crippen molar-refractivity contribution in [2.45, 2.75) is 20.0 Å². The van der Waals surface area contributed by atoms with Crippen LogP contribution in [-0.4, -0.2) is 20.4 Å². The molecule has 156 valence electrons. The second-order valence-corrected chi connectivity index (χ2v) is 7.22. The van der Waals surface area contributed by atoms with Gasteiger partial charge in [0.1, 0.15) is 5.82 Å². The number of nitrogens with one attached hydrogen (secondary N) is 1. The average Bonchev–Trinajstić information content (AvgIpc) is 3.17. The molecule has 4 aromatic rings. The van der Waals surface area contributed by atoms with Gasteiger partial charge in [-0.1, -0.05) is 36.4 Å². The molecule has 31 heavy (non-hydrogen) atoms. The number of aromatic nitrogens is 2. The molecule has 0 fully saturated rings. The maximum absolute atomic E-state index is 13.9. The van der Waals surface area contributed by atoms with Crippen LogP contribution in [-0.2, 0) is 13.1 Å². The molecular weight excluding hydrogens is 399 g/mol. The van der Waals surface area contributed by atoms with E-state index in [1.54, 1.807) is 6.33 Å². The second-order valence-electron chi connectivity index (χ2n) is 7.22. The van der Waals surface area contributed by atoms with Gasteiger partial charge in [0, 0.05) is 24.7 Å². The van der Waals surface area contributed by atoms with E-state index in [0.717, 1.165) is 34.3 Å². The summed E-state index contributed by atoms with van der Waals surface area (Å²) in [6, 6.07) is 17.7. The number of nitrogens with zero attached hydrogens (tertiary/aromatic N) is 3. The minimum absolute atomic E-state index is 0.0848. The number of nitro benzene ring substituents is 1. The average molecular weight is 418 g/mol. The molecule has 0 atom stereocenters. The van der Waals surface area contributed by atoms with E-state index in [-0.39, 0.29) is 17.7 Å². The van der Waals surface area contributed by atoms with Crippen LogP contribution in [0.5, 0.6) is 0 Å². The summed E-state index contributed by atoms with van der Waals surface area (Å²) in [7, 11) is 0. The van der Waals surface area contributed by atoms with E-state index in [0.29, 0.717) is 6.54 Å². The number of carbonyl (C=O) groups is 1. The highest BCUT2D eigenvalue weighted by atomic mass is 19.1. The van der Waals surface area contributed by atoms with E-state index in [1.807, 2.05) is 48.5 Å². The quantitative estimate of drug-likeness (QED) is 0.372. The normalized spacial score (nSPS) is 10.9. The third-order valence-electron chi connectivity index (χ3n) is 5.13. The fraction of sp³-hybridized carbons (Fsp3) is 0.130. The number of imidazole rings is 1. The van der Waals surface area contributed by atoms with E-state index >= 15 is 0 Å². The molecule has 7 nitrogen and oxygen atoms in total.